The van der Waals surface area contributed by atoms with Gasteiger partial charge in [-0.25, -0.2) is 13.2 Å². The molecule has 0 aliphatic carbocycles. The summed E-state index contributed by atoms with van der Waals surface area (Å²) in [6.07, 6.45) is 1.64. The van der Waals surface area contributed by atoms with Crippen LogP contribution in [0.2, 0.25) is 0 Å². The number of aromatic nitrogens is 2. The van der Waals surface area contributed by atoms with Gasteiger partial charge in [0.2, 0.25) is 0 Å². The first-order valence-corrected chi connectivity index (χ1v) is 7.83. The van der Waals surface area contributed by atoms with Crippen molar-refractivity contribution in [1.29, 1.82) is 0 Å². The number of carbonyl (C=O) groups excluding carboxylic acids is 1. The molecule has 1 amide bonds. The van der Waals surface area contributed by atoms with Gasteiger partial charge in [-0.15, -0.1) is 0 Å². The Hall–Kier alpha value is -2.31. The van der Waals surface area contributed by atoms with E-state index in [1.807, 2.05) is 24.6 Å². The van der Waals surface area contributed by atoms with Crippen LogP contribution in [0.25, 0.3) is 0 Å². The van der Waals surface area contributed by atoms with Gasteiger partial charge < -0.3 is 4.90 Å². The molecule has 2 heterocycles. The fourth-order valence-corrected chi connectivity index (χ4v) is 3.22. The molecule has 2 aromatic rings. The molecule has 1 aromatic carbocycles. The van der Waals surface area contributed by atoms with Gasteiger partial charge in [0, 0.05) is 24.3 Å². The van der Waals surface area contributed by atoms with E-state index in [0.717, 1.165) is 36.4 Å². The monoisotopic (exact) mass is 337 g/mol. The average Bonchev–Trinajstić information content (AvgIpc) is 2.90. The molecule has 4 nitrogen and oxygen atoms in total. The van der Waals surface area contributed by atoms with E-state index in [1.165, 1.54) is 4.90 Å². The van der Waals surface area contributed by atoms with Crippen molar-refractivity contribution in [3.8, 4) is 0 Å². The Morgan fingerprint density at radius 1 is 1.17 bits per heavy atom. The molecule has 0 radical (unpaired) electrons. The minimum atomic E-state index is -1.56. The highest BCUT2D eigenvalue weighted by atomic mass is 19.2. The quantitative estimate of drug-likeness (QED) is 0.788. The van der Waals surface area contributed by atoms with Crippen LogP contribution in [0.5, 0.6) is 0 Å². The summed E-state index contributed by atoms with van der Waals surface area (Å²) in [6, 6.07) is 3.47. The molecule has 128 valence electrons. The van der Waals surface area contributed by atoms with Crippen molar-refractivity contribution in [1.82, 2.24) is 14.7 Å². The molecule has 24 heavy (non-hydrogen) atoms. The van der Waals surface area contributed by atoms with E-state index in [9.17, 15) is 18.0 Å². The lowest BCUT2D eigenvalue weighted by molar-refractivity contribution is 0.0670. The second kappa shape index (κ2) is 6.30. The molecule has 0 N–H and O–H groups in total. The van der Waals surface area contributed by atoms with Gasteiger partial charge in [0.15, 0.2) is 17.5 Å². The maximum absolute atomic E-state index is 13.4. The number of nitrogens with zero attached hydrogens (tertiary/aromatic N) is 3. The van der Waals surface area contributed by atoms with Gasteiger partial charge in [-0.1, -0.05) is 0 Å². The summed E-state index contributed by atoms with van der Waals surface area (Å²) in [7, 11) is 0. The van der Waals surface area contributed by atoms with E-state index < -0.39 is 23.4 Å². The van der Waals surface area contributed by atoms with Crippen LogP contribution in [-0.2, 0) is 0 Å². The van der Waals surface area contributed by atoms with Gasteiger partial charge >= 0.3 is 0 Å². The Kier molecular flexibility index (Phi) is 4.34. The summed E-state index contributed by atoms with van der Waals surface area (Å²) in [6.45, 7) is 4.75. The highest BCUT2D eigenvalue weighted by Crippen LogP contribution is 2.25. The van der Waals surface area contributed by atoms with Gasteiger partial charge in [-0.3, -0.25) is 9.48 Å². The third-order valence-electron chi connectivity index (χ3n) is 4.30. The molecule has 0 bridgehead atoms. The summed E-state index contributed by atoms with van der Waals surface area (Å²) in [5, 5.41) is 4.45. The first kappa shape index (κ1) is 16.5. The topological polar surface area (TPSA) is 38.1 Å². The molecular formula is C17H18F3N3O. The number of carbonyl (C=O) groups is 1. The summed E-state index contributed by atoms with van der Waals surface area (Å²) in [5.74, 6) is -4.78. The van der Waals surface area contributed by atoms with Crippen LogP contribution in [0.3, 0.4) is 0 Å². The summed E-state index contributed by atoms with van der Waals surface area (Å²) >= 11 is 0. The predicted octanol–water partition coefficient (Wildman–Crippen LogP) is 3.39. The predicted molar refractivity (Wildman–Crippen MR) is 82.2 cm³/mol. The fourth-order valence-electron chi connectivity index (χ4n) is 3.22. The van der Waals surface area contributed by atoms with E-state index in [1.54, 1.807) is 0 Å². The van der Waals surface area contributed by atoms with Crippen LogP contribution in [0.1, 0.15) is 40.6 Å². The lowest BCUT2D eigenvalue weighted by Crippen LogP contribution is -2.41. The fraction of sp³-hybridized carbons (Fsp3) is 0.412. The molecule has 1 atom stereocenters. The molecule has 1 saturated heterocycles. The van der Waals surface area contributed by atoms with E-state index in [4.69, 9.17) is 0 Å². The maximum Gasteiger partial charge on any atom is 0.254 e. The normalized spacial score (nSPS) is 18.0. The average molecular weight is 337 g/mol. The molecule has 1 aromatic heterocycles. The molecule has 0 spiro atoms. The number of hydrogen-bond donors (Lipinski definition) is 0. The molecule has 1 aliphatic heterocycles. The van der Waals surface area contributed by atoms with Crippen LogP contribution in [0.4, 0.5) is 13.2 Å². The molecule has 0 saturated carbocycles. The van der Waals surface area contributed by atoms with Crippen LogP contribution in [0.15, 0.2) is 18.2 Å². The zero-order chi connectivity index (χ0) is 17.4. The summed E-state index contributed by atoms with van der Waals surface area (Å²) < 4.78 is 41.7. The van der Waals surface area contributed by atoms with Crippen molar-refractivity contribution >= 4 is 5.91 Å². The Morgan fingerprint density at radius 2 is 1.83 bits per heavy atom. The van der Waals surface area contributed by atoms with Crippen molar-refractivity contribution < 1.29 is 18.0 Å². The lowest BCUT2D eigenvalue weighted by Gasteiger charge is -2.33. The van der Waals surface area contributed by atoms with Crippen molar-refractivity contribution in [3.05, 3.63) is 52.6 Å². The van der Waals surface area contributed by atoms with E-state index in [0.29, 0.717) is 13.1 Å². The molecule has 1 aliphatic rings. The second-order valence-electron chi connectivity index (χ2n) is 6.17. The van der Waals surface area contributed by atoms with Crippen LogP contribution < -0.4 is 0 Å². The van der Waals surface area contributed by atoms with Crippen molar-refractivity contribution in [2.75, 3.05) is 13.1 Å². The third-order valence-corrected chi connectivity index (χ3v) is 4.30. The van der Waals surface area contributed by atoms with Crippen molar-refractivity contribution in [2.45, 2.75) is 32.7 Å². The van der Waals surface area contributed by atoms with E-state index in [-0.39, 0.29) is 11.6 Å². The standard InChI is InChI=1S/C17H18F3N3O/c1-10-6-11(2)23(21-10)13-4-3-5-22(9-13)17(24)12-7-14(18)16(20)15(19)8-12/h6-8,13H,3-5,9H2,1-2H3/t13-/m0/s1. The van der Waals surface area contributed by atoms with Crippen molar-refractivity contribution in [2.24, 2.45) is 0 Å². The number of rotatable bonds is 2. The summed E-state index contributed by atoms with van der Waals surface area (Å²) in [4.78, 5) is 14.1. The zero-order valence-corrected chi connectivity index (χ0v) is 13.5. The molecule has 7 heteroatoms. The van der Waals surface area contributed by atoms with Gasteiger partial charge in [0.05, 0.1) is 11.7 Å². The Morgan fingerprint density at radius 3 is 2.42 bits per heavy atom. The first-order chi connectivity index (χ1) is 11.4. The number of benzene rings is 1. The summed E-state index contributed by atoms with van der Waals surface area (Å²) in [5.41, 5.74) is 1.73. The van der Waals surface area contributed by atoms with Crippen molar-refractivity contribution in [3.63, 3.8) is 0 Å². The number of likely N-dealkylation sites (tertiary alicyclic amines) is 1. The van der Waals surface area contributed by atoms with Gasteiger partial charge in [0.1, 0.15) is 0 Å². The largest absolute Gasteiger partial charge is 0.336 e. The SMILES string of the molecule is Cc1cc(C)n([C@H]2CCCN(C(=O)c3cc(F)c(F)c(F)c3)C2)n1. The smallest absolute Gasteiger partial charge is 0.254 e. The van der Waals surface area contributed by atoms with Gasteiger partial charge in [-0.05, 0) is 44.9 Å². The van der Waals surface area contributed by atoms with Crippen LogP contribution >= 0.6 is 0 Å². The van der Waals surface area contributed by atoms with Crippen LogP contribution in [0, 0.1) is 31.3 Å². The Bertz CT molecular complexity index is 764. The Labute approximate surface area is 137 Å². The number of halogens is 3. The lowest BCUT2D eigenvalue weighted by atomic mass is 10.0. The Balaban J connectivity index is 1.82. The van der Waals surface area contributed by atoms with Gasteiger partial charge in [-0.2, -0.15) is 5.10 Å². The number of piperidine rings is 1. The minimum Gasteiger partial charge on any atom is -0.336 e. The number of aryl methyl sites for hydroxylation is 2. The van der Waals surface area contributed by atoms with E-state index >= 15 is 0 Å². The third kappa shape index (κ3) is 3.02. The van der Waals surface area contributed by atoms with Gasteiger partial charge in [0.25, 0.3) is 5.91 Å². The minimum absolute atomic E-state index is 0.0199. The zero-order valence-electron chi connectivity index (χ0n) is 13.5. The number of hydrogen-bond acceptors (Lipinski definition) is 2. The highest BCUT2D eigenvalue weighted by molar-refractivity contribution is 5.94. The van der Waals surface area contributed by atoms with E-state index in [2.05, 4.69) is 5.10 Å². The second-order valence-corrected chi connectivity index (χ2v) is 6.17. The molecular weight excluding hydrogens is 319 g/mol. The molecule has 0 unspecified atom stereocenters. The number of amides is 1. The highest BCUT2D eigenvalue weighted by Gasteiger charge is 2.28. The maximum atomic E-state index is 13.4. The van der Waals surface area contributed by atoms with Crippen LogP contribution in [-0.4, -0.2) is 33.7 Å². The molecule has 3 rings (SSSR count). The first-order valence-electron chi connectivity index (χ1n) is 7.83. The molecule has 1 fully saturated rings.